The van der Waals surface area contributed by atoms with Crippen molar-refractivity contribution in [2.24, 2.45) is 5.73 Å². The number of hydrogen-bond donors (Lipinski definition) is 2. The van der Waals surface area contributed by atoms with Crippen LogP contribution in [0.15, 0.2) is 36.5 Å². The van der Waals surface area contributed by atoms with Crippen molar-refractivity contribution in [1.29, 1.82) is 0 Å². The first-order chi connectivity index (χ1) is 7.20. The predicted molar refractivity (Wildman–Crippen MR) is 71.0 cm³/mol. The van der Waals surface area contributed by atoms with E-state index < -0.39 is 0 Å². The second-order valence-electron chi connectivity index (χ2n) is 3.09. The lowest BCUT2D eigenvalue weighted by Crippen LogP contribution is -2.31. The van der Waals surface area contributed by atoms with Gasteiger partial charge in [0, 0.05) is 19.1 Å². The van der Waals surface area contributed by atoms with Crippen LogP contribution < -0.4 is 11.1 Å². The third-order valence-electron chi connectivity index (χ3n) is 1.51. The van der Waals surface area contributed by atoms with Crippen LogP contribution in [0.5, 0.6) is 0 Å². The van der Waals surface area contributed by atoms with E-state index in [-0.39, 0.29) is 6.04 Å². The molecule has 0 bridgehead atoms. The van der Waals surface area contributed by atoms with E-state index in [2.05, 4.69) is 18.0 Å². The molecule has 0 aliphatic carbocycles. The first-order valence-electron chi connectivity index (χ1n) is 5.61. The second kappa shape index (κ2) is 13.1. The van der Waals surface area contributed by atoms with Gasteiger partial charge in [-0.05, 0) is 19.4 Å². The largest absolute Gasteiger partial charge is 0.327 e. The topological polar surface area (TPSA) is 38.0 Å². The molecule has 0 aromatic carbocycles. The van der Waals surface area contributed by atoms with Crippen LogP contribution >= 0.6 is 0 Å². The summed E-state index contributed by atoms with van der Waals surface area (Å²) in [5, 5.41) is 3.26. The normalized spacial score (nSPS) is 13.3. The minimum absolute atomic E-state index is 0.204. The van der Waals surface area contributed by atoms with Gasteiger partial charge in [0.25, 0.3) is 0 Å². The number of allylic oxidation sites excluding steroid dienone is 3. The number of rotatable bonds is 6. The molecule has 0 saturated heterocycles. The SMILES string of the molecule is C=C/C=C(\C=C/C)CNCC(C)N.CC. The van der Waals surface area contributed by atoms with Crippen molar-refractivity contribution in [2.45, 2.75) is 33.7 Å². The maximum absolute atomic E-state index is 5.61. The number of nitrogens with one attached hydrogen (secondary N) is 1. The zero-order valence-electron chi connectivity index (χ0n) is 10.6. The van der Waals surface area contributed by atoms with Crippen molar-refractivity contribution >= 4 is 0 Å². The van der Waals surface area contributed by atoms with Crippen molar-refractivity contribution < 1.29 is 0 Å². The van der Waals surface area contributed by atoms with Gasteiger partial charge in [0.15, 0.2) is 0 Å². The lowest BCUT2D eigenvalue weighted by Gasteiger charge is -2.07. The van der Waals surface area contributed by atoms with E-state index in [0.717, 1.165) is 13.1 Å². The molecule has 3 N–H and O–H groups in total. The molecular weight excluding hydrogens is 184 g/mol. The Bertz CT molecular complexity index is 191. The molecule has 2 heteroatoms. The van der Waals surface area contributed by atoms with E-state index in [4.69, 9.17) is 5.73 Å². The smallest absolute Gasteiger partial charge is 0.0206 e. The Morgan fingerprint density at radius 2 is 2.07 bits per heavy atom. The zero-order chi connectivity index (χ0) is 12.1. The van der Waals surface area contributed by atoms with E-state index in [9.17, 15) is 0 Å². The van der Waals surface area contributed by atoms with Crippen molar-refractivity contribution in [1.82, 2.24) is 5.32 Å². The standard InChI is InChI=1S/C11H20N2.C2H6/c1-4-6-11(7-5-2)9-13-8-10(3)12;1-2/h4-7,10,13H,1,8-9,12H2,2-3H3;1-2H3/b7-5-,11-6+;. The van der Waals surface area contributed by atoms with Crippen LogP contribution in [0.1, 0.15) is 27.7 Å². The fourth-order valence-electron chi connectivity index (χ4n) is 0.983. The summed E-state index contributed by atoms with van der Waals surface area (Å²) in [4.78, 5) is 0. The summed E-state index contributed by atoms with van der Waals surface area (Å²) in [6.07, 6.45) is 7.87. The highest BCUT2D eigenvalue weighted by Crippen LogP contribution is 1.95. The molecule has 2 nitrogen and oxygen atoms in total. The lowest BCUT2D eigenvalue weighted by atomic mass is 10.2. The second-order valence-corrected chi connectivity index (χ2v) is 3.09. The third-order valence-corrected chi connectivity index (χ3v) is 1.51. The highest BCUT2D eigenvalue weighted by atomic mass is 14.9. The molecule has 0 heterocycles. The Morgan fingerprint density at radius 1 is 1.47 bits per heavy atom. The van der Waals surface area contributed by atoms with Gasteiger partial charge in [-0.1, -0.05) is 44.7 Å². The molecule has 15 heavy (non-hydrogen) atoms. The van der Waals surface area contributed by atoms with Gasteiger partial charge < -0.3 is 11.1 Å². The van der Waals surface area contributed by atoms with E-state index >= 15 is 0 Å². The number of nitrogens with two attached hydrogens (primary N) is 1. The molecule has 0 fully saturated rings. The van der Waals surface area contributed by atoms with Crippen LogP contribution in [-0.2, 0) is 0 Å². The molecule has 0 spiro atoms. The molecule has 0 amide bonds. The summed E-state index contributed by atoms with van der Waals surface area (Å²) in [5.74, 6) is 0. The lowest BCUT2D eigenvalue weighted by molar-refractivity contribution is 0.636. The molecular formula is C13H26N2. The molecule has 0 saturated carbocycles. The summed E-state index contributed by atoms with van der Waals surface area (Å²) >= 11 is 0. The van der Waals surface area contributed by atoms with Crippen LogP contribution in [0.25, 0.3) is 0 Å². The molecule has 1 atom stereocenters. The maximum Gasteiger partial charge on any atom is 0.0206 e. The first-order valence-corrected chi connectivity index (χ1v) is 5.61. The van der Waals surface area contributed by atoms with Gasteiger partial charge in [-0.2, -0.15) is 0 Å². The third kappa shape index (κ3) is 13.1. The molecule has 0 aliphatic heterocycles. The Hall–Kier alpha value is -0.860. The molecule has 0 rings (SSSR count). The van der Waals surface area contributed by atoms with Gasteiger partial charge in [0.2, 0.25) is 0 Å². The van der Waals surface area contributed by atoms with Crippen LogP contribution in [0.2, 0.25) is 0 Å². The minimum atomic E-state index is 0.204. The van der Waals surface area contributed by atoms with Crippen molar-refractivity contribution in [2.75, 3.05) is 13.1 Å². The fraction of sp³-hybridized carbons (Fsp3) is 0.538. The van der Waals surface area contributed by atoms with Gasteiger partial charge >= 0.3 is 0 Å². The molecule has 0 aliphatic rings. The Kier molecular flexibility index (Phi) is 14.5. The number of hydrogen-bond acceptors (Lipinski definition) is 2. The maximum atomic E-state index is 5.61. The fourth-order valence-corrected chi connectivity index (χ4v) is 0.983. The Morgan fingerprint density at radius 3 is 2.47 bits per heavy atom. The predicted octanol–water partition coefficient (Wildman–Crippen LogP) is 2.64. The van der Waals surface area contributed by atoms with E-state index in [1.54, 1.807) is 6.08 Å². The zero-order valence-corrected chi connectivity index (χ0v) is 10.6. The quantitative estimate of drug-likeness (QED) is 0.661. The van der Waals surface area contributed by atoms with Crippen molar-refractivity contribution in [3.63, 3.8) is 0 Å². The van der Waals surface area contributed by atoms with E-state index in [1.807, 2.05) is 39.8 Å². The average Bonchev–Trinajstić information content (AvgIpc) is 2.21. The van der Waals surface area contributed by atoms with Gasteiger partial charge in [-0.3, -0.25) is 0 Å². The van der Waals surface area contributed by atoms with Crippen LogP contribution in [-0.4, -0.2) is 19.1 Å². The average molecular weight is 210 g/mol. The molecule has 0 aromatic heterocycles. The summed E-state index contributed by atoms with van der Waals surface area (Å²) < 4.78 is 0. The van der Waals surface area contributed by atoms with Gasteiger partial charge in [-0.25, -0.2) is 0 Å². The summed E-state index contributed by atoms with van der Waals surface area (Å²) in [5.41, 5.74) is 6.83. The van der Waals surface area contributed by atoms with Gasteiger partial charge in [0.1, 0.15) is 0 Å². The van der Waals surface area contributed by atoms with E-state index in [1.165, 1.54) is 5.57 Å². The van der Waals surface area contributed by atoms with Crippen LogP contribution in [0.4, 0.5) is 0 Å². The molecule has 88 valence electrons. The summed E-state index contributed by atoms with van der Waals surface area (Å²) in [6, 6.07) is 0.204. The van der Waals surface area contributed by atoms with Gasteiger partial charge in [0.05, 0.1) is 0 Å². The van der Waals surface area contributed by atoms with Crippen molar-refractivity contribution in [3.05, 3.63) is 36.5 Å². The van der Waals surface area contributed by atoms with E-state index in [0.29, 0.717) is 0 Å². The summed E-state index contributed by atoms with van der Waals surface area (Å²) in [6.45, 7) is 13.3. The minimum Gasteiger partial charge on any atom is -0.327 e. The highest BCUT2D eigenvalue weighted by molar-refractivity contribution is 5.23. The van der Waals surface area contributed by atoms with Gasteiger partial charge in [-0.15, -0.1) is 0 Å². The highest BCUT2D eigenvalue weighted by Gasteiger charge is 1.93. The van der Waals surface area contributed by atoms with Crippen molar-refractivity contribution in [3.8, 4) is 0 Å². The molecule has 0 radical (unpaired) electrons. The first kappa shape index (κ1) is 16.6. The Balaban J connectivity index is 0. The molecule has 1 unspecified atom stereocenters. The Labute approximate surface area is 94.9 Å². The molecule has 0 aromatic rings. The van der Waals surface area contributed by atoms with Crippen LogP contribution in [0, 0.1) is 0 Å². The monoisotopic (exact) mass is 210 g/mol. The van der Waals surface area contributed by atoms with Crippen LogP contribution in [0.3, 0.4) is 0 Å². The summed E-state index contributed by atoms with van der Waals surface area (Å²) in [7, 11) is 0.